The molecule has 0 radical (unpaired) electrons. The number of amides is 2. The van der Waals surface area contributed by atoms with Crippen LogP contribution in [0.4, 0.5) is 5.69 Å². The molecule has 154 valence electrons. The van der Waals surface area contributed by atoms with Gasteiger partial charge < -0.3 is 10.4 Å². The number of hydrogen-bond donors (Lipinski definition) is 3. The lowest BCUT2D eigenvalue weighted by atomic mass is 10.2. The van der Waals surface area contributed by atoms with E-state index < -0.39 is 22.5 Å². The summed E-state index contributed by atoms with van der Waals surface area (Å²) in [6.07, 6.45) is 1.24. The van der Waals surface area contributed by atoms with Crippen LogP contribution < -0.4 is 10.7 Å². The van der Waals surface area contributed by atoms with Crippen molar-refractivity contribution in [3.8, 4) is 5.75 Å². The van der Waals surface area contributed by atoms with Gasteiger partial charge in [-0.3, -0.25) is 9.59 Å². The third-order valence-electron chi connectivity index (χ3n) is 3.63. The first-order valence-electron chi connectivity index (χ1n) is 8.24. The number of aromatic hydroxyl groups is 1. The second-order valence-electron chi connectivity index (χ2n) is 5.96. The normalized spacial score (nSPS) is 11.6. The van der Waals surface area contributed by atoms with Crippen molar-refractivity contribution in [3.63, 3.8) is 0 Å². The predicted octanol–water partition coefficient (Wildman–Crippen LogP) is 1.88. The molecule has 2 amide bonds. The molecule has 0 aliphatic heterocycles. The van der Waals surface area contributed by atoms with Crippen molar-refractivity contribution in [1.82, 2.24) is 9.73 Å². The van der Waals surface area contributed by atoms with Gasteiger partial charge in [0.1, 0.15) is 5.75 Å². The first kappa shape index (κ1) is 22.5. The molecule has 11 heteroatoms. The minimum Gasteiger partial charge on any atom is -0.507 e. The molecule has 0 saturated carbocycles. The van der Waals surface area contributed by atoms with Gasteiger partial charge in [-0.25, -0.2) is 13.8 Å². The molecule has 2 rings (SSSR count). The molecule has 29 heavy (non-hydrogen) atoms. The zero-order chi connectivity index (χ0) is 21.6. The van der Waals surface area contributed by atoms with Crippen LogP contribution in [0.25, 0.3) is 0 Å². The van der Waals surface area contributed by atoms with E-state index >= 15 is 0 Å². The molecule has 0 bridgehead atoms. The van der Waals surface area contributed by atoms with Gasteiger partial charge in [-0.2, -0.15) is 9.41 Å². The number of anilines is 1. The minimum absolute atomic E-state index is 0.0198. The molecular formula is C18H19BrN4O5S. The Bertz CT molecular complexity index is 1040. The van der Waals surface area contributed by atoms with Crippen molar-refractivity contribution >= 4 is 49.7 Å². The zero-order valence-corrected chi connectivity index (χ0v) is 18.0. The van der Waals surface area contributed by atoms with Crippen LogP contribution in [0, 0.1) is 0 Å². The molecule has 0 aliphatic carbocycles. The molecule has 2 aromatic carbocycles. The van der Waals surface area contributed by atoms with Crippen molar-refractivity contribution in [3.05, 3.63) is 52.5 Å². The number of likely N-dealkylation sites (N-methyl/N-ethyl adjacent to an activating group) is 1. The summed E-state index contributed by atoms with van der Waals surface area (Å²) in [5, 5.41) is 16.0. The first-order chi connectivity index (χ1) is 13.6. The molecule has 0 fully saturated rings. The van der Waals surface area contributed by atoms with Gasteiger partial charge in [0.25, 0.3) is 5.91 Å². The second kappa shape index (κ2) is 9.63. The predicted molar refractivity (Wildman–Crippen MR) is 112 cm³/mol. The van der Waals surface area contributed by atoms with Crippen molar-refractivity contribution in [2.45, 2.75) is 11.8 Å². The smallest absolute Gasteiger partial charge is 0.255 e. The lowest BCUT2D eigenvalue weighted by Gasteiger charge is -2.16. The van der Waals surface area contributed by atoms with E-state index in [-0.39, 0.29) is 16.6 Å². The number of nitrogens with one attached hydrogen (secondary N) is 2. The highest BCUT2D eigenvalue weighted by atomic mass is 79.9. The number of carbonyl (C=O) groups is 2. The molecule has 2 aromatic rings. The quantitative estimate of drug-likeness (QED) is 0.409. The van der Waals surface area contributed by atoms with Crippen LogP contribution in [0.5, 0.6) is 5.75 Å². The van der Waals surface area contributed by atoms with Gasteiger partial charge in [-0.1, -0.05) is 15.9 Å². The van der Waals surface area contributed by atoms with E-state index in [2.05, 4.69) is 31.8 Å². The van der Waals surface area contributed by atoms with Crippen LogP contribution in [0.2, 0.25) is 0 Å². The molecule has 0 heterocycles. The number of nitrogens with zero attached hydrogens (tertiary/aromatic N) is 2. The number of hydrazone groups is 1. The fraction of sp³-hybridized carbons (Fsp3) is 0.167. The molecule has 9 nitrogen and oxygen atoms in total. The molecule has 0 spiro atoms. The van der Waals surface area contributed by atoms with Crippen LogP contribution >= 0.6 is 15.9 Å². The van der Waals surface area contributed by atoms with E-state index in [1.165, 1.54) is 50.5 Å². The number of phenolic OH excluding ortho intramolecular Hbond substituents is 1. The molecule has 0 saturated heterocycles. The Labute approximate surface area is 176 Å². The van der Waals surface area contributed by atoms with Crippen LogP contribution in [-0.4, -0.2) is 49.5 Å². The molecule has 0 aromatic heterocycles. The van der Waals surface area contributed by atoms with Crippen molar-refractivity contribution in [2.24, 2.45) is 5.10 Å². The highest BCUT2D eigenvalue weighted by Crippen LogP contribution is 2.20. The maximum Gasteiger partial charge on any atom is 0.255 e. The summed E-state index contributed by atoms with van der Waals surface area (Å²) in [6.45, 7) is 0.884. The number of rotatable bonds is 7. The van der Waals surface area contributed by atoms with Gasteiger partial charge in [0.15, 0.2) is 0 Å². The third-order valence-corrected chi connectivity index (χ3v) is 5.94. The Morgan fingerprint density at radius 3 is 2.48 bits per heavy atom. The Balaban J connectivity index is 1.99. The van der Waals surface area contributed by atoms with Crippen molar-refractivity contribution in [1.29, 1.82) is 0 Å². The minimum atomic E-state index is -3.91. The SMILES string of the molecule is CC(=O)Nc1ccc(S(=O)(=O)N(C)CC(=O)N/N=C\c2cc(Br)ccc2O)cc1. The summed E-state index contributed by atoms with van der Waals surface area (Å²) < 4.78 is 26.7. The number of carbonyl (C=O) groups excluding carboxylic acids is 2. The van der Waals surface area contributed by atoms with E-state index in [1.54, 1.807) is 12.1 Å². The van der Waals surface area contributed by atoms with E-state index in [0.717, 1.165) is 8.78 Å². The van der Waals surface area contributed by atoms with Crippen molar-refractivity contribution < 1.29 is 23.1 Å². The van der Waals surface area contributed by atoms with E-state index in [0.29, 0.717) is 11.3 Å². The summed E-state index contributed by atoms with van der Waals surface area (Å²) in [6, 6.07) is 10.3. The number of benzene rings is 2. The Kier molecular flexibility index (Phi) is 7.48. The standard InChI is InChI=1S/C18H19BrN4O5S/c1-12(24)21-15-4-6-16(7-5-15)29(27,28)23(2)11-18(26)22-20-10-13-9-14(19)3-8-17(13)25/h3-10,25H,11H2,1-2H3,(H,21,24)(H,22,26)/b20-10-. The number of hydrogen-bond acceptors (Lipinski definition) is 6. The van der Waals surface area contributed by atoms with Crippen LogP contribution in [-0.2, 0) is 19.6 Å². The number of sulfonamides is 1. The topological polar surface area (TPSA) is 128 Å². The first-order valence-corrected chi connectivity index (χ1v) is 10.5. The van der Waals surface area contributed by atoms with Gasteiger partial charge >= 0.3 is 0 Å². The molecule has 3 N–H and O–H groups in total. The maximum absolute atomic E-state index is 12.6. The Morgan fingerprint density at radius 2 is 1.86 bits per heavy atom. The maximum atomic E-state index is 12.6. The third kappa shape index (κ3) is 6.38. The Morgan fingerprint density at radius 1 is 1.21 bits per heavy atom. The van der Waals surface area contributed by atoms with Gasteiger partial charge in [0, 0.05) is 29.7 Å². The molecular weight excluding hydrogens is 464 g/mol. The average Bonchev–Trinajstić information content (AvgIpc) is 2.64. The van der Waals surface area contributed by atoms with Crippen molar-refractivity contribution in [2.75, 3.05) is 18.9 Å². The number of halogens is 1. The van der Waals surface area contributed by atoms with E-state index in [4.69, 9.17) is 0 Å². The molecule has 0 atom stereocenters. The fourth-order valence-electron chi connectivity index (χ4n) is 2.22. The van der Waals surface area contributed by atoms with Crippen LogP contribution in [0.3, 0.4) is 0 Å². The second-order valence-corrected chi connectivity index (χ2v) is 8.92. The fourth-order valence-corrected chi connectivity index (χ4v) is 3.72. The van der Waals surface area contributed by atoms with Gasteiger partial charge in [-0.15, -0.1) is 0 Å². The number of phenols is 1. The monoisotopic (exact) mass is 482 g/mol. The zero-order valence-electron chi connectivity index (χ0n) is 15.6. The van der Waals surface area contributed by atoms with E-state index in [9.17, 15) is 23.1 Å². The van der Waals surface area contributed by atoms with Gasteiger partial charge in [0.2, 0.25) is 15.9 Å². The largest absolute Gasteiger partial charge is 0.507 e. The van der Waals surface area contributed by atoms with Crippen LogP contribution in [0.1, 0.15) is 12.5 Å². The van der Waals surface area contributed by atoms with Crippen LogP contribution in [0.15, 0.2) is 56.9 Å². The van der Waals surface area contributed by atoms with E-state index in [1.807, 2.05) is 0 Å². The summed E-state index contributed by atoms with van der Waals surface area (Å²) in [4.78, 5) is 23.0. The summed E-state index contributed by atoms with van der Waals surface area (Å²) in [5.74, 6) is -0.948. The summed E-state index contributed by atoms with van der Waals surface area (Å²) in [7, 11) is -2.64. The summed E-state index contributed by atoms with van der Waals surface area (Å²) >= 11 is 3.26. The highest BCUT2D eigenvalue weighted by molar-refractivity contribution is 9.10. The molecule has 0 unspecified atom stereocenters. The van der Waals surface area contributed by atoms with Gasteiger partial charge in [0.05, 0.1) is 17.7 Å². The lowest BCUT2D eigenvalue weighted by Crippen LogP contribution is -2.36. The van der Waals surface area contributed by atoms with Gasteiger partial charge in [-0.05, 0) is 42.5 Å². The summed E-state index contributed by atoms with van der Waals surface area (Å²) in [5.41, 5.74) is 3.05. The average molecular weight is 483 g/mol. The highest BCUT2D eigenvalue weighted by Gasteiger charge is 2.22. The lowest BCUT2D eigenvalue weighted by molar-refractivity contribution is -0.121. The Hall–Kier alpha value is -2.76. The molecule has 0 aliphatic rings.